The van der Waals surface area contributed by atoms with Crippen LogP contribution in [-0.2, 0) is 0 Å². The predicted octanol–water partition coefficient (Wildman–Crippen LogP) is 2.96. The van der Waals surface area contributed by atoms with Crippen LogP contribution in [0.25, 0.3) is 0 Å². The molecule has 0 aliphatic rings. The molecule has 0 saturated carbocycles. The first-order valence-electron chi connectivity index (χ1n) is 4.62. The SMILES string of the molecule is CC(C)NC[C@@H](Cl)c1ccccc1. The normalized spacial score (nSPS) is 13.2. The van der Waals surface area contributed by atoms with E-state index in [1.807, 2.05) is 18.2 Å². The van der Waals surface area contributed by atoms with Crippen LogP contribution in [-0.4, -0.2) is 12.6 Å². The van der Waals surface area contributed by atoms with E-state index < -0.39 is 0 Å². The van der Waals surface area contributed by atoms with E-state index in [1.165, 1.54) is 5.56 Å². The van der Waals surface area contributed by atoms with Crippen molar-refractivity contribution in [3.63, 3.8) is 0 Å². The van der Waals surface area contributed by atoms with Gasteiger partial charge in [0.25, 0.3) is 0 Å². The Bertz CT molecular complexity index is 233. The van der Waals surface area contributed by atoms with Crippen LogP contribution in [0.3, 0.4) is 0 Å². The number of hydrogen-bond donors (Lipinski definition) is 1. The van der Waals surface area contributed by atoms with Gasteiger partial charge < -0.3 is 5.32 Å². The minimum absolute atomic E-state index is 0.0728. The smallest absolute Gasteiger partial charge is 0.0709 e. The van der Waals surface area contributed by atoms with E-state index in [1.54, 1.807) is 0 Å². The number of nitrogens with one attached hydrogen (secondary N) is 1. The molecule has 2 heteroatoms. The van der Waals surface area contributed by atoms with Gasteiger partial charge in [0.1, 0.15) is 0 Å². The van der Waals surface area contributed by atoms with Crippen molar-refractivity contribution in [3.8, 4) is 0 Å². The van der Waals surface area contributed by atoms with Crippen LogP contribution in [0.5, 0.6) is 0 Å². The molecule has 0 spiro atoms. The molecule has 72 valence electrons. The fraction of sp³-hybridized carbons (Fsp3) is 0.455. The molecule has 1 rings (SSSR count). The maximum absolute atomic E-state index is 6.19. The van der Waals surface area contributed by atoms with Gasteiger partial charge in [0, 0.05) is 12.6 Å². The van der Waals surface area contributed by atoms with Crippen LogP contribution >= 0.6 is 11.6 Å². The highest BCUT2D eigenvalue weighted by atomic mass is 35.5. The lowest BCUT2D eigenvalue weighted by Gasteiger charge is -2.13. The molecule has 0 aliphatic carbocycles. The van der Waals surface area contributed by atoms with Gasteiger partial charge in [-0.3, -0.25) is 0 Å². The van der Waals surface area contributed by atoms with Crippen molar-refractivity contribution in [2.24, 2.45) is 0 Å². The summed E-state index contributed by atoms with van der Waals surface area (Å²) in [6.07, 6.45) is 0. The topological polar surface area (TPSA) is 12.0 Å². The Morgan fingerprint density at radius 1 is 1.23 bits per heavy atom. The summed E-state index contributed by atoms with van der Waals surface area (Å²) < 4.78 is 0. The molecule has 1 aromatic rings. The molecule has 0 saturated heterocycles. The number of rotatable bonds is 4. The zero-order valence-corrected chi connectivity index (χ0v) is 8.88. The van der Waals surface area contributed by atoms with Gasteiger partial charge in [0.15, 0.2) is 0 Å². The Balaban J connectivity index is 2.44. The van der Waals surface area contributed by atoms with Crippen LogP contribution in [0, 0.1) is 0 Å². The van der Waals surface area contributed by atoms with Gasteiger partial charge in [0.05, 0.1) is 5.38 Å². The van der Waals surface area contributed by atoms with E-state index in [0.29, 0.717) is 6.04 Å². The highest BCUT2D eigenvalue weighted by Crippen LogP contribution is 2.18. The Morgan fingerprint density at radius 2 is 1.85 bits per heavy atom. The molecule has 0 unspecified atom stereocenters. The molecule has 0 radical (unpaired) electrons. The fourth-order valence-corrected chi connectivity index (χ4v) is 1.35. The van der Waals surface area contributed by atoms with Gasteiger partial charge >= 0.3 is 0 Å². The summed E-state index contributed by atoms with van der Waals surface area (Å²) in [5.41, 5.74) is 1.18. The van der Waals surface area contributed by atoms with E-state index in [0.717, 1.165) is 6.54 Å². The second-order valence-electron chi connectivity index (χ2n) is 3.44. The predicted molar refractivity (Wildman–Crippen MR) is 58.2 cm³/mol. The van der Waals surface area contributed by atoms with Crippen molar-refractivity contribution < 1.29 is 0 Å². The standard InChI is InChI=1S/C11H16ClN/c1-9(2)13-8-11(12)10-6-4-3-5-7-10/h3-7,9,11,13H,8H2,1-2H3/t11-/m1/s1. The molecule has 0 aliphatic heterocycles. The van der Waals surface area contributed by atoms with Gasteiger partial charge in [-0.1, -0.05) is 44.2 Å². The second kappa shape index (κ2) is 5.25. The minimum Gasteiger partial charge on any atom is -0.313 e. The summed E-state index contributed by atoms with van der Waals surface area (Å²) in [4.78, 5) is 0. The van der Waals surface area contributed by atoms with Crippen LogP contribution in [0.1, 0.15) is 24.8 Å². The van der Waals surface area contributed by atoms with Crippen LogP contribution in [0.2, 0.25) is 0 Å². The summed E-state index contributed by atoms with van der Waals surface area (Å²) in [5, 5.41) is 3.38. The van der Waals surface area contributed by atoms with E-state index in [-0.39, 0.29) is 5.38 Å². The lowest BCUT2D eigenvalue weighted by atomic mass is 10.1. The number of alkyl halides is 1. The zero-order valence-electron chi connectivity index (χ0n) is 8.13. The lowest BCUT2D eigenvalue weighted by molar-refractivity contribution is 0.583. The molecular formula is C11H16ClN. The molecule has 1 nitrogen and oxygen atoms in total. The first-order valence-corrected chi connectivity index (χ1v) is 5.06. The van der Waals surface area contributed by atoms with Gasteiger partial charge in [-0.05, 0) is 5.56 Å². The molecule has 1 atom stereocenters. The second-order valence-corrected chi connectivity index (χ2v) is 3.97. The van der Waals surface area contributed by atoms with Crippen molar-refractivity contribution in [3.05, 3.63) is 35.9 Å². The minimum atomic E-state index is 0.0728. The van der Waals surface area contributed by atoms with E-state index in [4.69, 9.17) is 11.6 Å². The molecule has 13 heavy (non-hydrogen) atoms. The van der Waals surface area contributed by atoms with E-state index >= 15 is 0 Å². The van der Waals surface area contributed by atoms with Crippen molar-refractivity contribution in [1.29, 1.82) is 0 Å². The van der Waals surface area contributed by atoms with Gasteiger partial charge in [0.2, 0.25) is 0 Å². The molecule has 0 heterocycles. The average molecular weight is 198 g/mol. The summed E-state index contributed by atoms with van der Waals surface area (Å²) in [6.45, 7) is 5.06. The van der Waals surface area contributed by atoms with E-state index in [2.05, 4.69) is 31.3 Å². The van der Waals surface area contributed by atoms with Crippen LogP contribution in [0.15, 0.2) is 30.3 Å². The largest absolute Gasteiger partial charge is 0.313 e. The summed E-state index contributed by atoms with van der Waals surface area (Å²) in [6, 6.07) is 10.6. The molecule has 0 bridgehead atoms. The van der Waals surface area contributed by atoms with Gasteiger partial charge in [-0.15, -0.1) is 11.6 Å². The third kappa shape index (κ3) is 3.79. The highest BCUT2D eigenvalue weighted by molar-refractivity contribution is 6.21. The van der Waals surface area contributed by atoms with Gasteiger partial charge in [-0.2, -0.15) is 0 Å². The zero-order chi connectivity index (χ0) is 9.68. The quantitative estimate of drug-likeness (QED) is 0.732. The molecule has 1 N–H and O–H groups in total. The maximum Gasteiger partial charge on any atom is 0.0709 e. The highest BCUT2D eigenvalue weighted by Gasteiger charge is 2.06. The van der Waals surface area contributed by atoms with Crippen molar-refractivity contribution in [2.75, 3.05) is 6.54 Å². The Hall–Kier alpha value is -0.530. The molecule has 0 fully saturated rings. The fourth-order valence-electron chi connectivity index (χ4n) is 1.12. The Morgan fingerprint density at radius 3 is 2.38 bits per heavy atom. The van der Waals surface area contributed by atoms with Crippen LogP contribution < -0.4 is 5.32 Å². The first-order chi connectivity index (χ1) is 6.20. The number of benzene rings is 1. The average Bonchev–Trinajstić information content (AvgIpc) is 2.15. The first kappa shape index (κ1) is 10.6. The summed E-state index contributed by atoms with van der Waals surface area (Å²) in [7, 11) is 0. The number of halogens is 1. The third-order valence-corrected chi connectivity index (χ3v) is 2.27. The summed E-state index contributed by atoms with van der Waals surface area (Å²) >= 11 is 6.19. The lowest BCUT2D eigenvalue weighted by Crippen LogP contribution is -2.26. The number of hydrogen-bond acceptors (Lipinski definition) is 1. The monoisotopic (exact) mass is 197 g/mol. The molecular weight excluding hydrogens is 182 g/mol. The Kier molecular flexibility index (Phi) is 4.26. The third-order valence-electron chi connectivity index (χ3n) is 1.87. The molecule has 1 aromatic carbocycles. The summed E-state index contributed by atoms with van der Waals surface area (Å²) in [5.74, 6) is 0. The van der Waals surface area contributed by atoms with Crippen molar-refractivity contribution in [2.45, 2.75) is 25.3 Å². The maximum atomic E-state index is 6.19. The van der Waals surface area contributed by atoms with Crippen molar-refractivity contribution in [1.82, 2.24) is 5.32 Å². The molecule has 0 amide bonds. The van der Waals surface area contributed by atoms with Gasteiger partial charge in [-0.25, -0.2) is 0 Å². The van der Waals surface area contributed by atoms with Crippen LogP contribution in [0.4, 0.5) is 0 Å². The van der Waals surface area contributed by atoms with Crippen molar-refractivity contribution >= 4 is 11.6 Å². The Labute approximate surface area is 85.1 Å². The van der Waals surface area contributed by atoms with E-state index in [9.17, 15) is 0 Å². The molecule has 0 aromatic heterocycles.